The maximum absolute atomic E-state index is 6.91. The molecule has 6 nitrogen and oxygen atoms in total. The van der Waals surface area contributed by atoms with Gasteiger partial charge in [0.2, 0.25) is 0 Å². The van der Waals surface area contributed by atoms with Gasteiger partial charge in [-0.3, -0.25) is 0 Å². The first kappa shape index (κ1) is 45.4. The highest BCUT2D eigenvalue weighted by Crippen LogP contribution is 2.34. The summed E-state index contributed by atoms with van der Waals surface area (Å²) >= 11 is 0. The van der Waals surface area contributed by atoms with Gasteiger partial charge < -0.3 is 28.1 Å². The fourth-order valence-corrected chi connectivity index (χ4v) is 9.62. The van der Waals surface area contributed by atoms with Crippen LogP contribution in [-0.2, 0) is 18.6 Å². The first-order valence-corrected chi connectivity index (χ1v) is 24.4. The molecule has 0 amide bonds. The Kier molecular flexibility index (Phi) is 14.9. The molecule has 2 aliphatic rings. The van der Waals surface area contributed by atoms with Crippen LogP contribution in [0.4, 0.5) is 0 Å². The summed E-state index contributed by atoms with van der Waals surface area (Å²) in [5.41, 5.74) is 5.56. The monoisotopic (exact) mass is 874 g/mol. The van der Waals surface area contributed by atoms with Gasteiger partial charge in [-0.1, -0.05) is 187 Å². The van der Waals surface area contributed by atoms with Crippen LogP contribution in [0.25, 0.3) is 43.1 Å². The number of fused-ring (bicyclic) bond motifs is 4. The summed E-state index contributed by atoms with van der Waals surface area (Å²) in [6.45, 7) is 12.5. The molecule has 334 valence electrons. The van der Waals surface area contributed by atoms with Crippen LogP contribution in [0.1, 0.15) is 101 Å². The lowest BCUT2D eigenvalue weighted by Crippen LogP contribution is -2.33. The average Bonchev–Trinajstić information content (AvgIpc) is 4.11. The van der Waals surface area contributed by atoms with E-state index in [1.54, 1.807) is 0 Å². The average molecular weight is 875 g/mol. The Morgan fingerprint density at radius 3 is 1.08 bits per heavy atom. The van der Waals surface area contributed by atoms with Crippen LogP contribution in [0.15, 0.2) is 109 Å². The molecule has 0 bridgehead atoms. The zero-order valence-corrected chi connectivity index (χ0v) is 39.1. The Morgan fingerprint density at radius 2 is 0.773 bits per heavy atom. The highest BCUT2D eigenvalue weighted by molar-refractivity contribution is 6.69. The van der Waals surface area contributed by atoms with Gasteiger partial charge in [-0.2, -0.15) is 0 Å². The molecule has 7 aromatic rings. The summed E-state index contributed by atoms with van der Waals surface area (Å²) in [6, 6.07) is 38.0. The van der Waals surface area contributed by atoms with E-state index in [4.69, 9.17) is 28.1 Å². The van der Waals surface area contributed by atoms with E-state index in [-0.39, 0.29) is 0 Å². The zero-order chi connectivity index (χ0) is 45.2. The van der Waals surface area contributed by atoms with Gasteiger partial charge in [0.25, 0.3) is 0 Å². The van der Waals surface area contributed by atoms with Crippen molar-refractivity contribution in [2.75, 3.05) is 39.6 Å². The molecule has 9 rings (SSSR count). The highest BCUT2D eigenvalue weighted by atomic mass is 16.6. The fourth-order valence-electron chi connectivity index (χ4n) is 9.62. The third kappa shape index (κ3) is 9.71. The minimum atomic E-state index is -0.428. The van der Waals surface area contributed by atoms with E-state index in [1.165, 1.54) is 12.8 Å². The van der Waals surface area contributed by atoms with E-state index in [9.17, 15) is 0 Å². The summed E-state index contributed by atoms with van der Waals surface area (Å²) in [6.07, 6.45) is 8.95. The van der Waals surface area contributed by atoms with Crippen molar-refractivity contribution in [3.63, 3.8) is 0 Å². The molecule has 2 heterocycles. The van der Waals surface area contributed by atoms with Crippen LogP contribution in [-0.4, -0.2) is 53.9 Å². The second-order valence-corrected chi connectivity index (χ2v) is 17.7. The highest BCUT2D eigenvalue weighted by Gasteiger charge is 2.32. The van der Waals surface area contributed by atoms with E-state index >= 15 is 0 Å². The molecule has 2 fully saturated rings. The van der Waals surface area contributed by atoms with Crippen molar-refractivity contribution >= 4 is 68.3 Å². The van der Waals surface area contributed by atoms with Crippen molar-refractivity contribution in [3.05, 3.63) is 131 Å². The molecule has 2 saturated heterocycles. The third-order valence-corrected chi connectivity index (χ3v) is 13.4. The van der Waals surface area contributed by atoms with Crippen LogP contribution in [0.5, 0.6) is 11.5 Å². The van der Waals surface area contributed by atoms with Crippen molar-refractivity contribution < 1.29 is 28.1 Å². The lowest BCUT2D eigenvalue weighted by molar-refractivity contribution is 0.227. The van der Waals surface area contributed by atoms with Crippen molar-refractivity contribution in [2.45, 2.75) is 79.1 Å². The van der Waals surface area contributed by atoms with Crippen molar-refractivity contribution in [1.82, 2.24) is 0 Å². The Morgan fingerprint density at radius 1 is 0.455 bits per heavy atom. The summed E-state index contributed by atoms with van der Waals surface area (Å²) in [7, 11) is -0.856. The lowest BCUT2D eigenvalue weighted by atomic mass is 9.72. The Hall–Kier alpha value is -5.73. The van der Waals surface area contributed by atoms with Gasteiger partial charge in [0, 0.05) is 23.3 Å². The van der Waals surface area contributed by atoms with Gasteiger partial charge in [-0.15, -0.1) is 0 Å². The maximum atomic E-state index is 6.91. The normalized spacial score (nSPS) is 14.7. The molecule has 0 aliphatic carbocycles. The molecule has 2 unspecified atom stereocenters. The molecule has 7 aromatic carbocycles. The lowest BCUT2D eigenvalue weighted by Gasteiger charge is -2.19. The van der Waals surface area contributed by atoms with Gasteiger partial charge >= 0.3 is 14.2 Å². The van der Waals surface area contributed by atoms with Crippen LogP contribution in [0.2, 0.25) is 0 Å². The van der Waals surface area contributed by atoms with E-state index in [2.05, 4.69) is 161 Å². The fraction of sp³-hybridized carbons (Fsp3) is 0.345. The number of hydrogen-bond acceptors (Lipinski definition) is 6. The molecule has 2 aliphatic heterocycles. The van der Waals surface area contributed by atoms with Gasteiger partial charge in [0.05, 0.1) is 50.8 Å². The van der Waals surface area contributed by atoms with Gasteiger partial charge in [0.15, 0.2) is 0 Å². The maximum Gasteiger partial charge on any atom is 0.495 e. The standard InChI is InChI=1S/C58H60B2O6/c1-5-9-19-41(7-3)39-61-55-37-44(30-32-50-47-23-13-17-27-53(47)58(60-65-35-36-66-60)54-28-18-14-24-48(50)54)56(62-40-42(8-4)20-10-6-2)38-43(55)29-31-49-45-21-11-15-25-51(45)57(59-63-33-34-64-59)52-26-16-12-22-46(49)52/h11-18,21-28,37-38,41-42H,5-10,19-20,33-36,39-40H2,1-4H3. The number of benzene rings is 7. The predicted octanol–water partition coefficient (Wildman–Crippen LogP) is 11.8. The van der Waals surface area contributed by atoms with Crippen LogP contribution < -0.4 is 20.4 Å². The smallest absolute Gasteiger partial charge is 0.492 e. The van der Waals surface area contributed by atoms with Crippen molar-refractivity contribution in [3.8, 4) is 35.2 Å². The molecule has 0 spiro atoms. The molecule has 8 heteroatoms. The van der Waals surface area contributed by atoms with E-state index in [0.29, 0.717) is 63.0 Å². The Bertz CT molecular complexity index is 2630. The van der Waals surface area contributed by atoms with E-state index < -0.39 is 14.2 Å². The molecular weight excluding hydrogens is 814 g/mol. The largest absolute Gasteiger partial charge is 0.495 e. The zero-order valence-electron chi connectivity index (χ0n) is 39.1. The third-order valence-electron chi connectivity index (χ3n) is 13.4. The second-order valence-electron chi connectivity index (χ2n) is 17.7. The molecule has 66 heavy (non-hydrogen) atoms. The molecule has 0 N–H and O–H groups in total. The molecule has 0 aromatic heterocycles. The minimum absolute atomic E-state index is 0.421. The topological polar surface area (TPSA) is 55.4 Å². The van der Waals surface area contributed by atoms with E-state index in [1.807, 2.05) is 0 Å². The predicted molar refractivity (Wildman–Crippen MR) is 273 cm³/mol. The quantitative estimate of drug-likeness (QED) is 0.0548. The molecule has 2 atom stereocenters. The molecule has 0 radical (unpaired) electrons. The minimum Gasteiger partial charge on any atom is -0.492 e. The number of rotatable bonds is 16. The van der Waals surface area contributed by atoms with E-state index in [0.717, 1.165) is 115 Å². The Labute approximate surface area is 391 Å². The van der Waals surface area contributed by atoms with Gasteiger partial charge in [-0.05, 0) is 78.7 Å². The number of hydrogen-bond donors (Lipinski definition) is 0. The number of ether oxygens (including phenoxy) is 2. The summed E-state index contributed by atoms with van der Waals surface area (Å²) in [5, 5.41) is 8.55. The first-order chi connectivity index (χ1) is 32.6. The SMILES string of the molecule is CCCCC(CC)COc1cc(C#Cc2c3ccccc3c(B3OCCO3)c3ccccc23)c(OCC(CC)CCCC)cc1C#Cc1c2ccccc2c(B2OCCO2)c2ccccc12. The number of unbranched alkanes of at least 4 members (excludes halogenated alkanes) is 2. The van der Waals surface area contributed by atoms with Crippen LogP contribution >= 0.6 is 0 Å². The van der Waals surface area contributed by atoms with Crippen molar-refractivity contribution in [2.24, 2.45) is 11.8 Å². The van der Waals surface area contributed by atoms with Crippen LogP contribution in [0, 0.1) is 35.5 Å². The van der Waals surface area contributed by atoms with Gasteiger partial charge in [-0.25, -0.2) is 0 Å². The molecular formula is C58H60B2O6. The summed E-state index contributed by atoms with van der Waals surface area (Å²) in [4.78, 5) is 0. The summed E-state index contributed by atoms with van der Waals surface area (Å²) in [5.74, 6) is 17.0. The summed E-state index contributed by atoms with van der Waals surface area (Å²) < 4.78 is 38.3. The second kappa shape index (κ2) is 21.7. The van der Waals surface area contributed by atoms with Gasteiger partial charge in [0.1, 0.15) is 11.5 Å². The van der Waals surface area contributed by atoms with Crippen molar-refractivity contribution in [1.29, 1.82) is 0 Å². The van der Waals surface area contributed by atoms with Crippen LogP contribution in [0.3, 0.4) is 0 Å². The first-order valence-electron chi connectivity index (χ1n) is 24.4. The Balaban J connectivity index is 1.22. The molecule has 0 saturated carbocycles.